The molecule has 3 nitrogen and oxygen atoms in total. The van der Waals surface area contributed by atoms with Crippen molar-refractivity contribution >= 4 is 0 Å². The molecule has 0 unspecified atom stereocenters. The Kier molecular flexibility index (Phi) is 1.28. The summed E-state index contributed by atoms with van der Waals surface area (Å²) >= 11 is 0. The highest BCUT2D eigenvalue weighted by molar-refractivity contribution is 4.77. The molecule has 1 aromatic rings. The van der Waals surface area contributed by atoms with Gasteiger partial charge in [-0.15, -0.1) is 0 Å². The first-order valence-electron chi connectivity index (χ1n) is 2.48. The average molecular weight is 110 g/mol. The van der Waals surface area contributed by atoms with Gasteiger partial charge in [-0.3, -0.25) is 4.68 Å². The lowest BCUT2D eigenvalue weighted by Gasteiger charge is -1.92. The maximum absolute atomic E-state index is 3.90. The second-order valence-electron chi connectivity index (χ2n) is 1.53. The van der Waals surface area contributed by atoms with E-state index in [2.05, 4.69) is 17.0 Å². The molecule has 1 heterocycles. The molecule has 0 aromatic carbocycles. The topological polar surface area (TPSA) is 30.7 Å². The fourth-order valence-electron chi connectivity index (χ4n) is 0.541. The Morgan fingerprint density at radius 1 is 1.88 bits per heavy atom. The number of hydrogen-bond donors (Lipinski definition) is 0. The lowest BCUT2D eigenvalue weighted by molar-refractivity contribution is 0.672. The van der Waals surface area contributed by atoms with Gasteiger partial charge in [0.25, 0.3) is 0 Å². The first-order valence-corrected chi connectivity index (χ1v) is 2.48. The molecule has 1 rings (SSSR count). The van der Waals surface area contributed by atoms with Crippen molar-refractivity contribution in [3.05, 3.63) is 19.1 Å². The minimum atomic E-state index is 0.659. The molecule has 0 N–H and O–H groups in total. The third-order valence-corrected chi connectivity index (χ3v) is 1.02. The van der Waals surface area contributed by atoms with E-state index in [0.29, 0.717) is 6.54 Å². The van der Waals surface area contributed by atoms with Gasteiger partial charge in [0, 0.05) is 6.54 Å². The molecule has 1 aromatic heterocycles. The third kappa shape index (κ3) is 0.710. The van der Waals surface area contributed by atoms with Crippen molar-refractivity contribution in [2.45, 2.75) is 13.5 Å². The molecule has 0 bridgehead atoms. The van der Waals surface area contributed by atoms with Crippen molar-refractivity contribution < 1.29 is 0 Å². The van der Waals surface area contributed by atoms with E-state index in [-0.39, 0.29) is 0 Å². The maximum Gasteiger partial charge on any atom is 0.138 e. The number of aryl methyl sites for hydroxylation is 1. The SMILES string of the molecule is [CH2]Cn1ncnc1C. The second-order valence-corrected chi connectivity index (χ2v) is 1.53. The van der Waals surface area contributed by atoms with Gasteiger partial charge in [-0.2, -0.15) is 5.10 Å². The summed E-state index contributed by atoms with van der Waals surface area (Å²) in [4.78, 5) is 3.90. The number of aromatic nitrogens is 3. The summed E-state index contributed by atoms with van der Waals surface area (Å²) in [5.74, 6) is 0.917. The minimum Gasteiger partial charge on any atom is -0.250 e. The molecule has 0 aliphatic heterocycles. The molecule has 8 heavy (non-hydrogen) atoms. The highest BCUT2D eigenvalue weighted by Gasteiger charge is 1.90. The summed E-state index contributed by atoms with van der Waals surface area (Å²) in [5.41, 5.74) is 0. The van der Waals surface area contributed by atoms with Gasteiger partial charge in [0.1, 0.15) is 12.2 Å². The first kappa shape index (κ1) is 5.28. The molecule has 0 saturated carbocycles. The molecule has 0 spiro atoms. The zero-order valence-electron chi connectivity index (χ0n) is 4.83. The van der Waals surface area contributed by atoms with Crippen molar-refractivity contribution in [3.8, 4) is 0 Å². The van der Waals surface area contributed by atoms with Crippen molar-refractivity contribution in [2.75, 3.05) is 0 Å². The van der Waals surface area contributed by atoms with E-state index in [1.54, 1.807) is 4.68 Å². The van der Waals surface area contributed by atoms with Crippen LogP contribution in [0, 0.1) is 13.8 Å². The van der Waals surface area contributed by atoms with E-state index >= 15 is 0 Å². The quantitative estimate of drug-likeness (QED) is 0.524. The zero-order chi connectivity index (χ0) is 5.98. The van der Waals surface area contributed by atoms with Crippen LogP contribution in [0.4, 0.5) is 0 Å². The second kappa shape index (κ2) is 1.94. The van der Waals surface area contributed by atoms with Gasteiger partial charge in [0.05, 0.1) is 0 Å². The molecule has 0 fully saturated rings. The Balaban J connectivity index is 2.92. The Bertz CT molecular complexity index is 168. The van der Waals surface area contributed by atoms with Crippen LogP contribution < -0.4 is 0 Å². The molecule has 43 valence electrons. The number of nitrogens with zero attached hydrogens (tertiary/aromatic N) is 3. The summed E-state index contributed by atoms with van der Waals surface area (Å²) < 4.78 is 1.74. The van der Waals surface area contributed by atoms with Crippen molar-refractivity contribution in [2.24, 2.45) is 0 Å². The number of hydrogen-bond acceptors (Lipinski definition) is 2. The average Bonchev–Trinajstić information content (AvgIpc) is 2.14. The molecule has 1 radical (unpaired) electrons. The van der Waals surface area contributed by atoms with Gasteiger partial charge >= 0.3 is 0 Å². The molecule has 0 amide bonds. The van der Waals surface area contributed by atoms with E-state index in [9.17, 15) is 0 Å². The monoisotopic (exact) mass is 110 g/mol. The largest absolute Gasteiger partial charge is 0.250 e. The van der Waals surface area contributed by atoms with Crippen LogP contribution in [0.15, 0.2) is 6.33 Å². The van der Waals surface area contributed by atoms with Crippen LogP contribution >= 0.6 is 0 Å². The van der Waals surface area contributed by atoms with Crippen molar-refractivity contribution in [1.82, 2.24) is 14.8 Å². The van der Waals surface area contributed by atoms with Gasteiger partial charge in [0.15, 0.2) is 0 Å². The van der Waals surface area contributed by atoms with E-state index < -0.39 is 0 Å². The Hall–Kier alpha value is -0.860. The standard InChI is InChI=1S/C5H8N3/c1-3-8-5(2)6-4-7-8/h4H,1,3H2,2H3. The lowest BCUT2D eigenvalue weighted by Crippen LogP contribution is -1.98. The van der Waals surface area contributed by atoms with E-state index in [1.165, 1.54) is 6.33 Å². The van der Waals surface area contributed by atoms with Crippen LogP contribution in [0.25, 0.3) is 0 Å². The van der Waals surface area contributed by atoms with Crippen molar-refractivity contribution in [1.29, 1.82) is 0 Å². The van der Waals surface area contributed by atoms with E-state index in [1.807, 2.05) is 6.92 Å². The molecule has 0 saturated heterocycles. The predicted octanol–water partition coefficient (Wildman–Crippen LogP) is 0.421. The first-order chi connectivity index (χ1) is 3.84. The van der Waals surface area contributed by atoms with Crippen LogP contribution in [0.5, 0.6) is 0 Å². The Morgan fingerprint density at radius 3 is 2.88 bits per heavy atom. The summed E-state index contributed by atoms with van der Waals surface area (Å²) in [6.45, 7) is 6.21. The summed E-state index contributed by atoms with van der Waals surface area (Å²) in [6.07, 6.45) is 1.53. The van der Waals surface area contributed by atoms with Crippen LogP contribution in [0.1, 0.15) is 5.82 Å². The van der Waals surface area contributed by atoms with Crippen LogP contribution in [-0.2, 0) is 6.54 Å². The smallest absolute Gasteiger partial charge is 0.138 e. The third-order valence-electron chi connectivity index (χ3n) is 1.02. The fourth-order valence-corrected chi connectivity index (χ4v) is 0.541. The molecular weight excluding hydrogens is 102 g/mol. The maximum atomic E-state index is 3.90. The predicted molar refractivity (Wildman–Crippen MR) is 30.1 cm³/mol. The van der Waals surface area contributed by atoms with Crippen LogP contribution in [-0.4, -0.2) is 14.8 Å². The molecule has 0 aliphatic carbocycles. The molecule has 0 atom stereocenters. The zero-order valence-corrected chi connectivity index (χ0v) is 4.83. The molecule has 0 aliphatic rings. The van der Waals surface area contributed by atoms with E-state index in [4.69, 9.17) is 0 Å². The molecule has 3 heteroatoms. The van der Waals surface area contributed by atoms with Gasteiger partial charge < -0.3 is 0 Å². The Labute approximate surface area is 48.4 Å². The number of rotatable bonds is 1. The van der Waals surface area contributed by atoms with Crippen LogP contribution in [0.3, 0.4) is 0 Å². The van der Waals surface area contributed by atoms with Gasteiger partial charge in [0.2, 0.25) is 0 Å². The normalized spacial score (nSPS) is 9.75. The van der Waals surface area contributed by atoms with Gasteiger partial charge in [-0.25, -0.2) is 4.98 Å². The summed E-state index contributed by atoms with van der Waals surface area (Å²) in [6, 6.07) is 0. The van der Waals surface area contributed by atoms with Crippen LogP contribution in [0.2, 0.25) is 0 Å². The summed E-state index contributed by atoms with van der Waals surface area (Å²) in [5, 5.41) is 3.88. The highest BCUT2D eigenvalue weighted by Crippen LogP contribution is 1.86. The van der Waals surface area contributed by atoms with Crippen molar-refractivity contribution in [3.63, 3.8) is 0 Å². The van der Waals surface area contributed by atoms with Gasteiger partial charge in [-0.05, 0) is 13.8 Å². The summed E-state index contributed by atoms with van der Waals surface area (Å²) in [7, 11) is 0. The fraction of sp³-hybridized carbons (Fsp3) is 0.400. The molecular formula is C5H8N3. The Morgan fingerprint density at radius 2 is 2.62 bits per heavy atom. The van der Waals surface area contributed by atoms with E-state index in [0.717, 1.165) is 5.82 Å². The minimum absolute atomic E-state index is 0.659. The van der Waals surface area contributed by atoms with Gasteiger partial charge in [-0.1, -0.05) is 0 Å². The lowest BCUT2D eigenvalue weighted by atomic mass is 10.6. The highest BCUT2D eigenvalue weighted by atomic mass is 15.3.